The summed E-state index contributed by atoms with van der Waals surface area (Å²) in [5.74, 6) is 0.713. The number of methoxy groups -OCH3 is 1. The Hall–Kier alpha value is -2.45. The molecule has 7 nitrogen and oxygen atoms in total. The van der Waals surface area contributed by atoms with Gasteiger partial charge < -0.3 is 24.0 Å². The minimum Gasteiger partial charge on any atom is -0.383 e. The predicted octanol–water partition coefficient (Wildman–Crippen LogP) is 3.25. The van der Waals surface area contributed by atoms with Gasteiger partial charge in [-0.05, 0) is 37.2 Å². The van der Waals surface area contributed by atoms with Crippen LogP contribution in [0.5, 0.6) is 0 Å². The normalized spacial score (nSPS) is 15.0. The van der Waals surface area contributed by atoms with Gasteiger partial charge in [0.2, 0.25) is 11.8 Å². The van der Waals surface area contributed by atoms with E-state index in [-0.39, 0.29) is 17.6 Å². The molecule has 0 atom stereocenters. The molecule has 0 bridgehead atoms. The molecule has 8 heteroatoms. The zero-order valence-electron chi connectivity index (χ0n) is 18.9. The van der Waals surface area contributed by atoms with Crippen LogP contribution in [0.4, 0.5) is 10.3 Å². The number of likely N-dealkylation sites (N-methyl/N-ethyl adjacent to an activating group) is 1. The highest BCUT2D eigenvalue weighted by Crippen LogP contribution is 2.33. The lowest BCUT2D eigenvalue weighted by Crippen LogP contribution is -2.45. The molecule has 1 aliphatic heterocycles. The summed E-state index contributed by atoms with van der Waals surface area (Å²) < 4.78 is 24.5. The summed E-state index contributed by atoms with van der Waals surface area (Å²) in [4.78, 5) is 19.2. The van der Waals surface area contributed by atoms with Crippen molar-refractivity contribution in [2.24, 2.45) is 5.92 Å². The number of ether oxygens (including phenoxy) is 1. The summed E-state index contributed by atoms with van der Waals surface area (Å²) in [6.45, 7) is 8.85. The van der Waals surface area contributed by atoms with Gasteiger partial charge in [-0.3, -0.25) is 4.79 Å². The molecule has 1 aromatic heterocycles. The molecule has 0 spiro atoms. The maximum absolute atomic E-state index is 13.5. The maximum atomic E-state index is 13.5. The summed E-state index contributed by atoms with van der Waals surface area (Å²) in [5, 5.41) is 4.34. The molecule has 0 unspecified atom stereocenters. The Morgan fingerprint density at radius 1 is 1.23 bits per heavy atom. The third-order valence-electron chi connectivity index (χ3n) is 5.53. The van der Waals surface area contributed by atoms with Gasteiger partial charge in [0, 0.05) is 51.8 Å². The minimum atomic E-state index is -0.304. The number of benzene rings is 1. The van der Waals surface area contributed by atoms with Crippen LogP contribution in [0.2, 0.25) is 0 Å². The van der Waals surface area contributed by atoms with Gasteiger partial charge in [0.15, 0.2) is 0 Å². The lowest BCUT2D eigenvalue weighted by Gasteiger charge is -2.33. The molecule has 0 N–H and O–H groups in total. The lowest BCUT2D eigenvalue weighted by atomic mass is 10.1. The summed E-state index contributed by atoms with van der Waals surface area (Å²) >= 11 is 0. The smallest absolute Gasteiger partial charge is 0.232 e. The van der Waals surface area contributed by atoms with Crippen LogP contribution >= 0.6 is 0 Å². The van der Waals surface area contributed by atoms with E-state index in [0.717, 1.165) is 37.3 Å². The Morgan fingerprint density at radius 3 is 2.52 bits per heavy atom. The molecule has 2 aromatic rings. The minimum absolute atomic E-state index is 0.0719. The molecule has 0 saturated carbocycles. The fourth-order valence-corrected chi connectivity index (χ4v) is 3.70. The molecule has 3 rings (SSSR count). The standard InChI is InChI=1S/C23H33FN4O3/c1-17(2)15-21(29)28(13-14-30-4)16-20-22(18-5-7-19(24)8-6-18)25-31-23(20)27-11-9-26(3)10-12-27/h5-8,17H,9-16H2,1-4H3. The number of anilines is 1. The molecule has 1 aromatic carbocycles. The quantitative estimate of drug-likeness (QED) is 0.606. The number of amides is 1. The molecular weight excluding hydrogens is 399 g/mol. The van der Waals surface area contributed by atoms with Crippen LogP contribution in [0.15, 0.2) is 28.8 Å². The molecule has 0 aliphatic carbocycles. The monoisotopic (exact) mass is 432 g/mol. The van der Waals surface area contributed by atoms with E-state index in [9.17, 15) is 9.18 Å². The Kier molecular flexibility index (Phi) is 8.03. The number of aromatic nitrogens is 1. The number of carbonyl (C=O) groups excluding carboxylic acids is 1. The van der Waals surface area contributed by atoms with Crippen molar-refractivity contribution in [2.45, 2.75) is 26.8 Å². The second-order valence-corrected chi connectivity index (χ2v) is 8.52. The van der Waals surface area contributed by atoms with E-state index in [2.05, 4.69) is 22.0 Å². The fourth-order valence-electron chi connectivity index (χ4n) is 3.70. The highest BCUT2D eigenvalue weighted by Gasteiger charge is 2.28. The first-order chi connectivity index (χ1) is 14.9. The number of piperazine rings is 1. The Balaban J connectivity index is 1.96. The second kappa shape index (κ2) is 10.7. The second-order valence-electron chi connectivity index (χ2n) is 8.52. The zero-order valence-corrected chi connectivity index (χ0v) is 18.9. The van der Waals surface area contributed by atoms with Gasteiger partial charge in [0.1, 0.15) is 11.5 Å². The van der Waals surface area contributed by atoms with Crippen molar-refractivity contribution in [3.8, 4) is 11.3 Å². The largest absolute Gasteiger partial charge is 0.383 e. The third kappa shape index (κ3) is 6.04. The van der Waals surface area contributed by atoms with Crippen molar-refractivity contribution in [2.75, 3.05) is 58.4 Å². The van der Waals surface area contributed by atoms with E-state index < -0.39 is 0 Å². The van der Waals surface area contributed by atoms with Crippen LogP contribution in [0.1, 0.15) is 25.8 Å². The highest BCUT2D eigenvalue weighted by atomic mass is 19.1. The van der Waals surface area contributed by atoms with Gasteiger partial charge in [0.05, 0.1) is 18.7 Å². The molecular formula is C23H33FN4O3. The summed E-state index contributed by atoms with van der Waals surface area (Å²) in [6, 6.07) is 6.21. The van der Waals surface area contributed by atoms with Crippen molar-refractivity contribution in [3.63, 3.8) is 0 Å². The molecule has 1 saturated heterocycles. The number of nitrogens with zero attached hydrogens (tertiary/aromatic N) is 4. The van der Waals surface area contributed by atoms with Crippen molar-refractivity contribution >= 4 is 11.8 Å². The fraction of sp³-hybridized carbons (Fsp3) is 0.565. The Morgan fingerprint density at radius 2 is 1.90 bits per heavy atom. The SMILES string of the molecule is COCCN(Cc1c(-c2ccc(F)cc2)noc1N1CCN(C)CC1)C(=O)CC(C)C. The van der Waals surface area contributed by atoms with Gasteiger partial charge >= 0.3 is 0 Å². The summed E-state index contributed by atoms with van der Waals surface area (Å²) in [5.41, 5.74) is 2.27. The van der Waals surface area contributed by atoms with Crippen molar-refractivity contribution in [1.82, 2.24) is 15.0 Å². The van der Waals surface area contributed by atoms with Crippen LogP contribution in [0.25, 0.3) is 11.3 Å². The van der Waals surface area contributed by atoms with Crippen molar-refractivity contribution in [3.05, 3.63) is 35.6 Å². The van der Waals surface area contributed by atoms with Crippen molar-refractivity contribution in [1.29, 1.82) is 0 Å². The first kappa shape index (κ1) is 23.2. The summed E-state index contributed by atoms with van der Waals surface area (Å²) in [7, 11) is 3.73. The first-order valence-corrected chi connectivity index (χ1v) is 10.8. The average Bonchev–Trinajstić information content (AvgIpc) is 3.15. The topological polar surface area (TPSA) is 62.1 Å². The predicted molar refractivity (Wildman–Crippen MR) is 118 cm³/mol. The van der Waals surface area contributed by atoms with Crippen molar-refractivity contribution < 1.29 is 18.4 Å². The summed E-state index contributed by atoms with van der Waals surface area (Å²) in [6.07, 6.45) is 0.463. The number of carbonyl (C=O) groups is 1. The van der Waals surface area contributed by atoms with Crippen LogP contribution in [-0.4, -0.2) is 74.4 Å². The Labute approximate surface area is 183 Å². The molecule has 31 heavy (non-hydrogen) atoms. The van der Waals surface area contributed by atoms with Gasteiger partial charge in [-0.25, -0.2) is 4.39 Å². The van der Waals surface area contributed by atoms with E-state index in [1.165, 1.54) is 12.1 Å². The molecule has 0 radical (unpaired) electrons. The van der Waals surface area contributed by atoms with E-state index in [0.29, 0.717) is 37.7 Å². The van der Waals surface area contributed by atoms with Gasteiger partial charge in [-0.15, -0.1) is 0 Å². The van der Waals surface area contributed by atoms with Crippen LogP contribution < -0.4 is 4.90 Å². The zero-order chi connectivity index (χ0) is 22.4. The lowest BCUT2D eigenvalue weighted by molar-refractivity contribution is -0.133. The maximum Gasteiger partial charge on any atom is 0.232 e. The number of hydrogen-bond acceptors (Lipinski definition) is 6. The van der Waals surface area contributed by atoms with E-state index in [1.807, 2.05) is 18.7 Å². The van der Waals surface area contributed by atoms with E-state index in [1.54, 1.807) is 19.2 Å². The molecule has 170 valence electrons. The molecule has 2 heterocycles. The molecule has 1 aliphatic rings. The van der Waals surface area contributed by atoms with Crippen LogP contribution in [0.3, 0.4) is 0 Å². The van der Waals surface area contributed by atoms with Crippen LogP contribution in [0, 0.1) is 11.7 Å². The van der Waals surface area contributed by atoms with Gasteiger partial charge in [0.25, 0.3) is 0 Å². The number of hydrogen-bond donors (Lipinski definition) is 0. The number of rotatable bonds is 9. The molecule has 1 amide bonds. The van der Waals surface area contributed by atoms with Gasteiger partial charge in [-0.2, -0.15) is 0 Å². The average molecular weight is 433 g/mol. The third-order valence-corrected chi connectivity index (χ3v) is 5.53. The first-order valence-electron chi connectivity index (χ1n) is 10.8. The Bertz CT molecular complexity index is 845. The number of halogens is 1. The van der Waals surface area contributed by atoms with Gasteiger partial charge in [-0.1, -0.05) is 19.0 Å². The van der Waals surface area contributed by atoms with E-state index in [4.69, 9.17) is 9.26 Å². The van der Waals surface area contributed by atoms with E-state index >= 15 is 0 Å². The highest BCUT2D eigenvalue weighted by molar-refractivity contribution is 5.77. The van der Waals surface area contributed by atoms with Crippen LogP contribution in [-0.2, 0) is 16.1 Å². The molecule has 1 fully saturated rings.